The summed E-state index contributed by atoms with van der Waals surface area (Å²) in [5, 5.41) is 16.8. The summed E-state index contributed by atoms with van der Waals surface area (Å²) in [5.41, 5.74) is 2.21. The lowest BCUT2D eigenvalue weighted by Gasteiger charge is -2.13. The molecule has 0 spiro atoms. The fourth-order valence-electron chi connectivity index (χ4n) is 1.45. The number of rotatable bonds is 3. The minimum Gasteiger partial charge on any atom is -0.508 e. The lowest BCUT2D eigenvalue weighted by molar-refractivity contribution is 0.475. The van der Waals surface area contributed by atoms with Crippen molar-refractivity contribution in [3.63, 3.8) is 0 Å². The van der Waals surface area contributed by atoms with Crippen LogP contribution in [0, 0.1) is 0 Å². The van der Waals surface area contributed by atoms with Crippen molar-refractivity contribution < 1.29 is 5.11 Å². The molecule has 0 radical (unpaired) electrons. The average Bonchev–Trinajstić information content (AvgIpc) is 2.70. The van der Waals surface area contributed by atoms with E-state index in [-0.39, 0.29) is 11.8 Å². The smallest absolute Gasteiger partial charge is 0.117 e. The van der Waals surface area contributed by atoms with Crippen LogP contribution < -0.4 is 5.32 Å². The molecule has 1 unspecified atom stereocenters. The first-order valence-electron chi connectivity index (χ1n) is 4.83. The summed E-state index contributed by atoms with van der Waals surface area (Å²) in [6.07, 6.45) is 0. The van der Waals surface area contributed by atoms with Crippen molar-refractivity contribution >= 4 is 17.0 Å². The standard InChI is InChI=1S/C12H13NOS/c1-9(10-5-6-15-8-10)13-11-3-2-4-12(14)7-11/h2-9,13-14H,1H3. The van der Waals surface area contributed by atoms with Crippen LogP contribution in [-0.2, 0) is 0 Å². The number of nitrogens with one attached hydrogen (secondary N) is 1. The number of hydrogen-bond acceptors (Lipinski definition) is 3. The number of hydrogen-bond donors (Lipinski definition) is 2. The van der Waals surface area contributed by atoms with Gasteiger partial charge in [0.2, 0.25) is 0 Å². The van der Waals surface area contributed by atoms with Crippen LogP contribution in [0.1, 0.15) is 18.5 Å². The molecule has 0 aliphatic carbocycles. The van der Waals surface area contributed by atoms with E-state index in [1.54, 1.807) is 23.5 Å². The molecule has 0 saturated carbocycles. The van der Waals surface area contributed by atoms with Crippen molar-refractivity contribution in [2.24, 2.45) is 0 Å². The van der Waals surface area contributed by atoms with Crippen molar-refractivity contribution in [3.05, 3.63) is 46.7 Å². The first kappa shape index (κ1) is 10.1. The first-order valence-corrected chi connectivity index (χ1v) is 5.77. The molecule has 78 valence electrons. The monoisotopic (exact) mass is 219 g/mol. The number of benzene rings is 1. The van der Waals surface area contributed by atoms with Crippen molar-refractivity contribution in [2.75, 3.05) is 5.32 Å². The highest BCUT2D eigenvalue weighted by molar-refractivity contribution is 7.07. The van der Waals surface area contributed by atoms with Crippen LogP contribution in [0.3, 0.4) is 0 Å². The molecule has 0 aliphatic rings. The molecule has 15 heavy (non-hydrogen) atoms. The second-order valence-electron chi connectivity index (χ2n) is 3.47. The minimum absolute atomic E-state index is 0.262. The Hall–Kier alpha value is -1.48. The van der Waals surface area contributed by atoms with Gasteiger partial charge in [0.15, 0.2) is 0 Å². The molecule has 0 fully saturated rings. The molecule has 3 heteroatoms. The molecule has 2 nitrogen and oxygen atoms in total. The Morgan fingerprint density at radius 2 is 2.20 bits per heavy atom. The normalized spacial score (nSPS) is 12.3. The molecule has 1 heterocycles. The third kappa shape index (κ3) is 2.50. The Balaban J connectivity index is 2.09. The van der Waals surface area contributed by atoms with Gasteiger partial charge < -0.3 is 10.4 Å². The van der Waals surface area contributed by atoms with Crippen molar-refractivity contribution in [2.45, 2.75) is 13.0 Å². The number of phenols is 1. The van der Waals surface area contributed by atoms with E-state index in [4.69, 9.17) is 0 Å². The van der Waals surface area contributed by atoms with Gasteiger partial charge in [0.25, 0.3) is 0 Å². The lowest BCUT2D eigenvalue weighted by atomic mass is 10.1. The highest BCUT2D eigenvalue weighted by Gasteiger charge is 2.05. The topological polar surface area (TPSA) is 32.3 Å². The van der Waals surface area contributed by atoms with Crippen LogP contribution in [0.5, 0.6) is 5.75 Å². The molecule has 1 aromatic heterocycles. The van der Waals surface area contributed by atoms with Gasteiger partial charge in [-0.05, 0) is 41.4 Å². The average molecular weight is 219 g/mol. The fraction of sp³-hybridized carbons (Fsp3) is 0.167. The fourth-order valence-corrected chi connectivity index (χ4v) is 2.20. The Bertz CT molecular complexity index is 425. The minimum atomic E-state index is 0.262. The van der Waals surface area contributed by atoms with E-state index in [2.05, 4.69) is 29.1 Å². The zero-order valence-corrected chi connectivity index (χ0v) is 9.29. The van der Waals surface area contributed by atoms with E-state index in [1.807, 2.05) is 12.1 Å². The van der Waals surface area contributed by atoms with Gasteiger partial charge in [-0.25, -0.2) is 0 Å². The van der Waals surface area contributed by atoms with Crippen LogP contribution in [0.15, 0.2) is 41.1 Å². The van der Waals surface area contributed by atoms with Crippen LogP contribution in [0.4, 0.5) is 5.69 Å². The Morgan fingerprint density at radius 1 is 1.33 bits per heavy atom. The Morgan fingerprint density at radius 3 is 2.87 bits per heavy atom. The quantitative estimate of drug-likeness (QED) is 0.826. The van der Waals surface area contributed by atoms with E-state index in [1.165, 1.54) is 5.56 Å². The molecule has 2 N–H and O–H groups in total. The highest BCUT2D eigenvalue weighted by Crippen LogP contribution is 2.23. The molecule has 1 aromatic carbocycles. The third-order valence-electron chi connectivity index (χ3n) is 2.27. The summed E-state index contributed by atoms with van der Waals surface area (Å²) in [4.78, 5) is 0. The maximum atomic E-state index is 9.32. The molecule has 2 rings (SSSR count). The van der Waals surface area contributed by atoms with Gasteiger partial charge in [-0.3, -0.25) is 0 Å². The summed E-state index contributed by atoms with van der Waals surface area (Å²) in [5.74, 6) is 0.289. The molecule has 0 saturated heterocycles. The van der Waals surface area contributed by atoms with Crippen LogP contribution >= 0.6 is 11.3 Å². The van der Waals surface area contributed by atoms with Crippen molar-refractivity contribution in [1.29, 1.82) is 0 Å². The summed E-state index contributed by atoms with van der Waals surface area (Å²) >= 11 is 1.69. The van der Waals surface area contributed by atoms with Crippen molar-refractivity contribution in [3.8, 4) is 5.75 Å². The lowest BCUT2D eigenvalue weighted by Crippen LogP contribution is -2.04. The summed E-state index contributed by atoms with van der Waals surface area (Å²) in [6.45, 7) is 2.10. The van der Waals surface area contributed by atoms with Gasteiger partial charge in [0.1, 0.15) is 5.75 Å². The largest absolute Gasteiger partial charge is 0.508 e. The zero-order chi connectivity index (χ0) is 10.7. The van der Waals surface area contributed by atoms with Gasteiger partial charge >= 0.3 is 0 Å². The van der Waals surface area contributed by atoms with E-state index in [0.717, 1.165) is 5.69 Å². The van der Waals surface area contributed by atoms with E-state index in [9.17, 15) is 5.11 Å². The van der Waals surface area contributed by atoms with Crippen LogP contribution in [0.25, 0.3) is 0 Å². The summed E-state index contributed by atoms with van der Waals surface area (Å²) < 4.78 is 0. The van der Waals surface area contributed by atoms with E-state index >= 15 is 0 Å². The Kier molecular flexibility index (Phi) is 2.92. The van der Waals surface area contributed by atoms with Gasteiger partial charge in [-0.2, -0.15) is 11.3 Å². The molecule has 2 aromatic rings. The second-order valence-corrected chi connectivity index (χ2v) is 4.25. The van der Waals surface area contributed by atoms with Gasteiger partial charge in [0, 0.05) is 17.8 Å². The first-order chi connectivity index (χ1) is 7.25. The van der Waals surface area contributed by atoms with E-state index < -0.39 is 0 Å². The molecule has 0 amide bonds. The van der Waals surface area contributed by atoms with Crippen LogP contribution in [0.2, 0.25) is 0 Å². The maximum absolute atomic E-state index is 9.32. The number of aromatic hydroxyl groups is 1. The predicted molar refractivity (Wildman–Crippen MR) is 64.5 cm³/mol. The van der Waals surface area contributed by atoms with E-state index in [0.29, 0.717) is 0 Å². The highest BCUT2D eigenvalue weighted by atomic mass is 32.1. The molecular formula is C12H13NOS. The number of phenolic OH excluding ortho intramolecular Hbond substituents is 1. The third-order valence-corrected chi connectivity index (χ3v) is 2.97. The zero-order valence-electron chi connectivity index (χ0n) is 8.47. The Labute approximate surface area is 93.2 Å². The SMILES string of the molecule is CC(Nc1cccc(O)c1)c1ccsc1. The molecule has 0 aliphatic heterocycles. The second kappa shape index (κ2) is 4.36. The maximum Gasteiger partial charge on any atom is 0.117 e. The molecule has 1 atom stereocenters. The molecular weight excluding hydrogens is 206 g/mol. The van der Waals surface area contributed by atoms with Gasteiger partial charge in [-0.15, -0.1) is 0 Å². The predicted octanol–water partition coefficient (Wildman–Crippen LogP) is 3.63. The van der Waals surface area contributed by atoms with Gasteiger partial charge in [-0.1, -0.05) is 6.07 Å². The molecule has 0 bridgehead atoms. The number of thiophene rings is 1. The van der Waals surface area contributed by atoms with Gasteiger partial charge in [0.05, 0.1) is 0 Å². The van der Waals surface area contributed by atoms with Crippen LogP contribution in [-0.4, -0.2) is 5.11 Å². The summed E-state index contributed by atoms with van der Waals surface area (Å²) in [7, 11) is 0. The summed E-state index contributed by atoms with van der Waals surface area (Å²) in [6, 6.07) is 9.53. The number of anilines is 1. The van der Waals surface area contributed by atoms with Crippen molar-refractivity contribution in [1.82, 2.24) is 0 Å².